The zero-order valence-corrected chi connectivity index (χ0v) is 16.7. The number of nitrogens with zero attached hydrogens (tertiary/aromatic N) is 2. The minimum atomic E-state index is -0.0636. The number of benzene rings is 2. The van der Waals surface area contributed by atoms with Crippen LogP contribution in [0, 0.1) is 0 Å². The minimum absolute atomic E-state index is 0.0550. The van der Waals surface area contributed by atoms with E-state index in [1.54, 1.807) is 0 Å². The first-order chi connectivity index (χ1) is 13.4. The van der Waals surface area contributed by atoms with E-state index in [-0.39, 0.29) is 10.8 Å². The van der Waals surface area contributed by atoms with Crippen molar-refractivity contribution in [2.75, 3.05) is 0 Å². The van der Waals surface area contributed by atoms with Crippen LogP contribution in [0.3, 0.4) is 0 Å². The summed E-state index contributed by atoms with van der Waals surface area (Å²) in [5, 5.41) is 1.27. The van der Waals surface area contributed by atoms with Gasteiger partial charge in [0.1, 0.15) is 0 Å². The van der Waals surface area contributed by atoms with Gasteiger partial charge in [0.05, 0.1) is 11.2 Å². The summed E-state index contributed by atoms with van der Waals surface area (Å²) in [4.78, 5) is 9.36. The molecule has 0 saturated heterocycles. The summed E-state index contributed by atoms with van der Waals surface area (Å²) >= 11 is 0. The van der Waals surface area contributed by atoms with Crippen LogP contribution in [0.2, 0.25) is 0 Å². The predicted octanol–water partition coefficient (Wildman–Crippen LogP) is 6.24. The third-order valence-electron chi connectivity index (χ3n) is 6.92. The maximum absolute atomic E-state index is 4.75. The topological polar surface area (TPSA) is 25.8 Å². The molecule has 2 aliphatic carbocycles. The first-order valence-electron chi connectivity index (χ1n) is 9.95. The van der Waals surface area contributed by atoms with Crippen molar-refractivity contribution in [1.29, 1.82) is 0 Å². The predicted molar refractivity (Wildman–Crippen MR) is 115 cm³/mol. The molecule has 4 aromatic rings. The van der Waals surface area contributed by atoms with Gasteiger partial charge in [-0.05, 0) is 51.6 Å². The zero-order valence-electron chi connectivity index (χ0n) is 16.7. The van der Waals surface area contributed by atoms with Crippen LogP contribution >= 0.6 is 0 Å². The second-order valence-corrected chi connectivity index (χ2v) is 9.12. The summed E-state index contributed by atoms with van der Waals surface area (Å²) < 4.78 is 0. The van der Waals surface area contributed by atoms with Crippen molar-refractivity contribution in [2.45, 2.75) is 38.5 Å². The lowest BCUT2D eigenvalue weighted by Gasteiger charge is -2.26. The number of aromatic nitrogens is 2. The van der Waals surface area contributed by atoms with Gasteiger partial charge < -0.3 is 0 Å². The van der Waals surface area contributed by atoms with Crippen LogP contribution in [0.15, 0.2) is 60.9 Å². The van der Waals surface area contributed by atoms with Crippen LogP contribution in [-0.2, 0) is 10.8 Å². The van der Waals surface area contributed by atoms with Gasteiger partial charge in [-0.15, -0.1) is 0 Å². The van der Waals surface area contributed by atoms with Crippen molar-refractivity contribution in [3.05, 3.63) is 83.2 Å². The fourth-order valence-electron chi connectivity index (χ4n) is 5.68. The molecule has 0 amide bonds. The van der Waals surface area contributed by atoms with Crippen molar-refractivity contribution in [3.8, 4) is 22.4 Å². The molecule has 0 N–H and O–H groups in total. The highest BCUT2D eigenvalue weighted by Gasteiger charge is 2.45. The van der Waals surface area contributed by atoms with Gasteiger partial charge >= 0.3 is 0 Å². The highest BCUT2D eigenvalue weighted by atomic mass is 14.7. The SMILES string of the molecule is CC1(C)c2cccnc2-c2ccc3c(c21)-c1ccc2ncccc2c1C3(C)C. The summed E-state index contributed by atoms with van der Waals surface area (Å²) in [6.45, 7) is 9.38. The van der Waals surface area contributed by atoms with Gasteiger partial charge in [0.2, 0.25) is 0 Å². The highest BCUT2D eigenvalue weighted by molar-refractivity contribution is 5.99. The van der Waals surface area contributed by atoms with Gasteiger partial charge in [0.25, 0.3) is 0 Å². The van der Waals surface area contributed by atoms with Crippen LogP contribution in [0.4, 0.5) is 0 Å². The van der Waals surface area contributed by atoms with E-state index in [0.29, 0.717) is 0 Å². The van der Waals surface area contributed by atoms with Gasteiger partial charge in [-0.2, -0.15) is 0 Å². The lowest BCUT2D eigenvalue weighted by Crippen LogP contribution is -2.18. The Labute approximate surface area is 165 Å². The summed E-state index contributed by atoms with van der Waals surface area (Å²) in [5.74, 6) is 0. The number of hydrogen-bond donors (Lipinski definition) is 0. The number of fused-ring (bicyclic) bond motifs is 9. The standard InChI is InChI=1S/C26H22N2/c1-25(2)18-11-9-17-23(26(3,4)19-8-6-14-28-24(17)19)21(18)16-10-12-20-15(22(16)25)7-5-13-27-20/h5-14H,1-4H3. The maximum Gasteiger partial charge on any atom is 0.0746 e. The number of hydrogen-bond acceptors (Lipinski definition) is 2. The van der Waals surface area contributed by atoms with E-state index in [1.807, 2.05) is 12.4 Å². The van der Waals surface area contributed by atoms with Gasteiger partial charge in [-0.3, -0.25) is 9.97 Å². The van der Waals surface area contributed by atoms with E-state index in [1.165, 1.54) is 44.3 Å². The molecule has 0 radical (unpaired) electrons. The Kier molecular flexibility index (Phi) is 2.79. The van der Waals surface area contributed by atoms with Gasteiger partial charge in [0, 0.05) is 34.2 Å². The first kappa shape index (κ1) is 16.0. The Morgan fingerprint density at radius 2 is 1.36 bits per heavy atom. The van der Waals surface area contributed by atoms with Crippen LogP contribution in [0.1, 0.15) is 49.9 Å². The van der Waals surface area contributed by atoms with E-state index < -0.39 is 0 Å². The first-order valence-corrected chi connectivity index (χ1v) is 9.95. The normalized spacial score (nSPS) is 17.1. The molecule has 0 aliphatic heterocycles. The molecule has 0 atom stereocenters. The van der Waals surface area contributed by atoms with Crippen molar-refractivity contribution in [2.24, 2.45) is 0 Å². The van der Waals surface area contributed by atoms with Gasteiger partial charge in [0.15, 0.2) is 0 Å². The second kappa shape index (κ2) is 4.88. The molecule has 136 valence electrons. The largest absolute Gasteiger partial charge is 0.256 e. The molecule has 2 aromatic heterocycles. The molecular formula is C26H22N2. The molecule has 2 nitrogen and oxygen atoms in total. The molecule has 2 heteroatoms. The molecule has 0 saturated carbocycles. The molecule has 2 heterocycles. The van der Waals surface area contributed by atoms with Crippen molar-refractivity contribution < 1.29 is 0 Å². The molecule has 0 spiro atoms. The van der Waals surface area contributed by atoms with E-state index >= 15 is 0 Å². The third-order valence-corrected chi connectivity index (χ3v) is 6.92. The highest BCUT2D eigenvalue weighted by Crippen LogP contribution is 2.59. The number of pyridine rings is 2. The average Bonchev–Trinajstić information content (AvgIpc) is 3.08. The zero-order chi connectivity index (χ0) is 19.3. The number of rotatable bonds is 0. The molecule has 0 bridgehead atoms. The summed E-state index contributed by atoms with van der Waals surface area (Å²) in [7, 11) is 0. The monoisotopic (exact) mass is 362 g/mol. The van der Waals surface area contributed by atoms with Crippen LogP contribution in [0.5, 0.6) is 0 Å². The fraction of sp³-hybridized carbons (Fsp3) is 0.231. The lowest BCUT2D eigenvalue weighted by molar-refractivity contribution is 0.649. The van der Waals surface area contributed by atoms with E-state index in [4.69, 9.17) is 4.98 Å². The smallest absolute Gasteiger partial charge is 0.0746 e. The molecule has 2 aromatic carbocycles. The van der Waals surface area contributed by atoms with Gasteiger partial charge in [-0.25, -0.2) is 0 Å². The van der Waals surface area contributed by atoms with Crippen LogP contribution in [-0.4, -0.2) is 9.97 Å². The van der Waals surface area contributed by atoms with Crippen molar-refractivity contribution in [3.63, 3.8) is 0 Å². The van der Waals surface area contributed by atoms with Crippen molar-refractivity contribution in [1.82, 2.24) is 9.97 Å². The molecule has 2 aliphatic rings. The van der Waals surface area contributed by atoms with E-state index in [9.17, 15) is 0 Å². The van der Waals surface area contributed by atoms with Crippen LogP contribution < -0.4 is 0 Å². The van der Waals surface area contributed by atoms with Crippen molar-refractivity contribution >= 4 is 10.9 Å². The lowest BCUT2D eigenvalue weighted by atomic mass is 9.77. The average molecular weight is 362 g/mol. The molecule has 28 heavy (non-hydrogen) atoms. The Morgan fingerprint density at radius 1 is 0.643 bits per heavy atom. The minimum Gasteiger partial charge on any atom is -0.256 e. The molecular weight excluding hydrogens is 340 g/mol. The quantitative estimate of drug-likeness (QED) is 0.370. The summed E-state index contributed by atoms with van der Waals surface area (Å²) in [6.07, 6.45) is 3.79. The van der Waals surface area contributed by atoms with Crippen LogP contribution in [0.25, 0.3) is 33.3 Å². The maximum atomic E-state index is 4.75. The van der Waals surface area contributed by atoms with Gasteiger partial charge in [-0.1, -0.05) is 58.0 Å². The Bertz CT molecular complexity index is 1310. The van der Waals surface area contributed by atoms with E-state index in [0.717, 1.165) is 11.2 Å². The Morgan fingerprint density at radius 3 is 2.21 bits per heavy atom. The molecule has 0 unspecified atom stereocenters. The fourth-order valence-corrected chi connectivity index (χ4v) is 5.68. The summed E-state index contributed by atoms with van der Waals surface area (Å²) in [6, 6.07) is 17.6. The summed E-state index contributed by atoms with van der Waals surface area (Å²) in [5.41, 5.74) is 11.7. The van der Waals surface area contributed by atoms with E-state index in [2.05, 4.69) is 81.2 Å². The second-order valence-electron chi connectivity index (χ2n) is 9.12. The Hall–Kier alpha value is -3.00. The Balaban J connectivity index is 1.78. The third kappa shape index (κ3) is 1.70. The molecule has 6 rings (SSSR count). The molecule has 0 fully saturated rings.